The summed E-state index contributed by atoms with van der Waals surface area (Å²) in [5.41, 5.74) is -1.45. The van der Waals surface area contributed by atoms with Crippen LogP contribution in [0.1, 0.15) is 26.5 Å². The molecule has 1 aliphatic heterocycles. The molecule has 1 saturated heterocycles. The van der Waals surface area contributed by atoms with Crippen LogP contribution < -0.4 is 0 Å². The van der Waals surface area contributed by atoms with Crippen LogP contribution in [0, 0.1) is 0 Å². The van der Waals surface area contributed by atoms with Gasteiger partial charge in [0.05, 0.1) is 18.4 Å². The number of hydrogen-bond acceptors (Lipinski definition) is 7. The third kappa shape index (κ3) is 6.30. The number of halogens is 4. The molecule has 1 atom stereocenters. The van der Waals surface area contributed by atoms with Gasteiger partial charge in [-0.2, -0.15) is 18.3 Å². The molecule has 2 aromatic rings. The Morgan fingerprint density at radius 3 is 2.47 bits per heavy atom. The standard InChI is InChI=1S/C19H24ClF3N6O3/c1-18(2,3)32-17(31)28-6-4-27(5-7-28)15(30)11-29-10-12(9-24-29)13-8-14(19(21,22)23)26-16(20)25-13/h8-10,15,30H,4-7,11H2,1-3H3. The summed E-state index contributed by atoms with van der Waals surface area (Å²) in [6.45, 7) is 7.13. The highest BCUT2D eigenvalue weighted by molar-refractivity contribution is 6.28. The number of carbonyl (C=O) groups excluding carboxylic acids is 1. The molecule has 13 heteroatoms. The predicted molar refractivity (Wildman–Crippen MR) is 109 cm³/mol. The molecular formula is C19H24ClF3N6O3. The molecule has 3 heterocycles. The van der Waals surface area contributed by atoms with Crippen LogP contribution in [0.5, 0.6) is 0 Å². The van der Waals surface area contributed by atoms with Crippen molar-refractivity contribution in [2.45, 2.75) is 45.3 Å². The minimum Gasteiger partial charge on any atom is -0.444 e. The second-order valence-corrected chi connectivity index (χ2v) is 8.68. The molecule has 0 aliphatic carbocycles. The van der Waals surface area contributed by atoms with E-state index in [9.17, 15) is 23.1 Å². The molecule has 9 nitrogen and oxygen atoms in total. The fourth-order valence-corrected chi connectivity index (χ4v) is 3.30. The number of aromatic nitrogens is 4. The molecule has 1 N–H and O–H groups in total. The minimum absolute atomic E-state index is 0.0240. The van der Waals surface area contributed by atoms with E-state index in [-0.39, 0.29) is 12.2 Å². The van der Waals surface area contributed by atoms with Crippen LogP contribution in [0.3, 0.4) is 0 Å². The van der Waals surface area contributed by atoms with E-state index in [0.29, 0.717) is 31.7 Å². The van der Waals surface area contributed by atoms with Gasteiger partial charge in [-0.1, -0.05) is 0 Å². The monoisotopic (exact) mass is 476 g/mol. The highest BCUT2D eigenvalue weighted by atomic mass is 35.5. The largest absolute Gasteiger partial charge is 0.444 e. The molecule has 2 aromatic heterocycles. The van der Waals surface area contributed by atoms with Crippen LogP contribution in [0.4, 0.5) is 18.0 Å². The highest BCUT2D eigenvalue weighted by Gasteiger charge is 2.34. The fraction of sp³-hybridized carbons (Fsp3) is 0.579. The molecule has 0 saturated carbocycles. The number of aliphatic hydroxyl groups is 1. The van der Waals surface area contributed by atoms with Gasteiger partial charge < -0.3 is 14.7 Å². The Morgan fingerprint density at radius 1 is 1.22 bits per heavy atom. The molecule has 0 radical (unpaired) electrons. The maximum absolute atomic E-state index is 13.0. The number of alkyl halides is 3. The van der Waals surface area contributed by atoms with Crippen LogP contribution in [0.15, 0.2) is 18.5 Å². The molecule has 176 valence electrons. The number of amides is 1. The number of nitrogens with zero attached hydrogens (tertiary/aromatic N) is 6. The Balaban J connectivity index is 1.60. The highest BCUT2D eigenvalue weighted by Crippen LogP contribution is 2.31. The third-order valence-electron chi connectivity index (χ3n) is 4.66. The second kappa shape index (κ2) is 9.20. The Bertz CT molecular complexity index is 955. The predicted octanol–water partition coefficient (Wildman–Crippen LogP) is 2.88. The second-order valence-electron chi connectivity index (χ2n) is 8.34. The molecule has 3 rings (SSSR count). The average Bonchev–Trinajstić information content (AvgIpc) is 3.14. The van der Waals surface area contributed by atoms with Crippen molar-refractivity contribution in [2.24, 2.45) is 0 Å². The lowest BCUT2D eigenvalue weighted by Crippen LogP contribution is -2.53. The Morgan fingerprint density at radius 2 is 1.88 bits per heavy atom. The number of ether oxygens (including phenoxy) is 1. The van der Waals surface area contributed by atoms with Gasteiger partial charge >= 0.3 is 12.3 Å². The topological polar surface area (TPSA) is 96.6 Å². The van der Waals surface area contributed by atoms with E-state index in [0.717, 1.165) is 6.07 Å². The molecule has 1 aliphatic rings. The third-order valence-corrected chi connectivity index (χ3v) is 4.83. The number of rotatable bonds is 4. The molecule has 1 fully saturated rings. The molecule has 1 amide bonds. The molecule has 0 aromatic carbocycles. The maximum atomic E-state index is 13.0. The van der Waals surface area contributed by atoms with Crippen LogP contribution in [0.2, 0.25) is 5.28 Å². The first-order valence-corrected chi connectivity index (χ1v) is 10.2. The van der Waals surface area contributed by atoms with Crippen LogP contribution in [0.25, 0.3) is 11.3 Å². The summed E-state index contributed by atoms with van der Waals surface area (Å²) in [5, 5.41) is 14.1. The SMILES string of the molecule is CC(C)(C)OC(=O)N1CCN(C(O)Cn2cc(-c3cc(C(F)(F)F)nc(Cl)n3)cn2)CC1. The Hall–Kier alpha value is -2.44. The van der Waals surface area contributed by atoms with Gasteiger partial charge in [0.1, 0.15) is 17.5 Å². The molecule has 32 heavy (non-hydrogen) atoms. The maximum Gasteiger partial charge on any atom is 0.433 e. The summed E-state index contributed by atoms with van der Waals surface area (Å²) in [6.07, 6.45) is -3.15. The zero-order chi connectivity index (χ0) is 23.7. The Labute approximate surface area is 187 Å². The van der Waals surface area contributed by atoms with Crippen molar-refractivity contribution < 1.29 is 27.8 Å². The molecule has 0 spiro atoms. The molecular weight excluding hydrogens is 453 g/mol. The number of aliphatic hydroxyl groups excluding tert-OH is 1. The fourth-order valence-electron chi connectivity index (χ4n) is 3.12. The van der Waals surface area contributed by atoms with Crippen LogP contribution >= 0.6 is 11.6 Å². The summed E-state index contributed by atoms with van der Waals surface area (Å²) in [6, 6.07) is 0.791. The van der Waals surface area contributed by atoms with Gasteiger partial charge in [-0.15, -0.1) is 0 Å². The molecule has 0 bridgehead atoms. The molecule has 1 unspecified atom stereocenters. The lowest BCUT2D eigenvalue weighted by molar-refractivity contribution is -0.141. The van der Waals surface area contributed by atoms with Gasteiger partial charge in [0.2, 0.25) is 5.28 Å². The van der Waals surface area contributed by atoms with Crippen molar-refractivity contribution >= 4 is 17.7 Å². The van der Waals surface area contributed by atoms with Gasteiger partial charge in [0.15, 0.2) is 0 Å². The first-order chi connectivity index (χ1) is 14.8. The summed E-state index contributed by atoms with van der Waals surface area (Å²) >= 11 is 5.63. The van der Waals surface area contributed by atoms with Gasteiger partial charge in [-0.05, 0) is 38.4 Å². The summed E-state index contributed by atoms with van der Waals surface area (Å²) in [5.74, 6) is 0. The normalized spacial score (nSPS) is 16.8. The average molecular weight is 477 g/mol. The lowest BCUT2D eigenvalue weighted by atomic mass is 10.2. The van der Waals surface area contributed by atoms with Gasteiger partial charge in [0, 0.05) is 37.9 Å². The first kappa shape index (κ1) is 24.2. The van der Waals surface area contributed by atoms with Gasteiger partial charge in [-0.3, -0.25) is 9.58 Å². The Kier molecular flexibility index (Phi) is 6.96. The first-order valence-electron chi connectivity index (χ1n) is 9.86. The van der Waals surface area contributed by atoms with E-state index in [1.54, 1.807) is 30.6 Å². The lowest BCUT2D eigenvalue weighted by Gasteiger charge is -2.37. The van der Waals surface area contributed by atoms with E-state index >= 15 is 0 Å². The van der Waals surface area contributed by atoms with E-state index in [1.165, 1.54) is 17.1 Å². The van der Waals surface area contributed by atoms with Gasteiger partial charge in [-0.25, -0.2) is 14.8 Å². The van der Waals surface area contributed by atoms with Crippen molar-refractivity contribution in [3.63, 3.8) is 0 Å². The zero-order valence-electron chi connectivity index (χ0n) is 17.8. The van der Waals surface area contributed by atoms with E-state index in [1.807, 2.05) is 0 Å². The smallest absolute Gasteiger partial charge is 0.433 e. The van der Waals surface area contributed by atoms with E-state index in [2.05, 4.69) is 15.1 Å². The minimum atomic E-state index is -4.66. The number of piperazine rings is 1. The van der Waals surface area contributed by atoms with Crippen molar-refractivity contribution in [3.8, 4) is 11.3 Å². The summed E-state index contributed by atoms with van der Waals surface area (Å²) < 4.78 is 45.7. The van der Waals surface area contributed by atoms with E-state index in [4.69, 9.17) is 16.3 Å². The number of hydrogen-bond donors (Lipinski definition) is 1. The van der Waals surface area contributed by atoms with Gasteiger partial charge in [0.25, 0.3) is 0 Å². The van der Waals surface area contributed by atoms with Crippen molar-refractivity contribution in [1.29, 1.82) is 0 Å². The zero-order valence-corrected chi connectivity index (χ0v) is 18.6. The summed E-state index contributed by atoms with van der Waals surface area (Å²) in [4.78, 5) is 22.5. The van der Waals surface area contributed by atoms with Crippen molar-refractivity contribution in [1.82, 2.24) is 29.5 Å². The van der Waals surface area contributed by atoms with Crippen molar-refractivity contribution in [2.75, 3.05) is 26.2 Å². The van der Waals surface area contributed by atoms with Crippen molar-refractivity contribution in [3.05, 3.63) is 29.4 Å². The number of carbonyl (C=O) groups is 1. The van der Waals surface area contributed by atoms with Crippen LogP contribution in [-0.2, 0) is 17.5 Å². The quantitative estimate of drug-likeness (QED) is 0.678. The van der Waals surface area contributed by atoms with E-state index < -0.39 is 35.1 Å². The summed E-state index contributed by atoms with van der Waals surface area (Å²) in [7, 11) is 0. The van der Waals surface area contributed by atoms with Crippen LogP contribution in [-0.4, -0.2) is 78.8 Å².